The summed E-state index contributed by atoms with van der Waals surface area (Å²) >= 11 is 0. The first-order valence-electron chi connectivity index (χ1n) is 9.77. The van der Waals surface area contributed by atoms with E-state index >= 15 is 0 Å². The minimum absolute atomic E-state index is 0.184. The predicted molar refractivity (Wildman–Crippen MR) is 111 cm³/mol. The van der Waals surface area contributed by atoms with Crippen molar-refractivity contribution < 1.29 is 0 Å². The van der Waals surface area contributed by atoms with Gasteiger partial charge in [-0.25, -0.2) is 14.9 Å². The Bertz CT molecular complexity index is 1460. The molecule has 1 aliphatic carbocycles. The summed E-state index contributed by atoms with van der Waals surface area (Å²) in [6, 6.07) is 6.28. The first kappa shape index (κ1) is 17.0. The fourth-order valence-electron chi connectivity index (χ4n) is 3.87. The maximum atomic E-state index is 12.4. The second-order valence-corrected chi connectivity index (χ2v) is 7.71. The number of fused-ring (bicyclic) bond motifs is 1. The molecule has 0 spiro atoms. The first-order valence-corrected chi connectivity index (χ1v) is 9.77. The highest BCUT2D eigenvalue weighted by Gasteiger charge is 2.31. The van der Waals surface area contributed by atoms with Crippen molar-refractivity contribution in [1.29, 1.82) is 0 Å². The number of rotatable bonds is 4. The molecule has 0 aliphatic heterocycles. The van der Waals surface area contributed by atoms with E-state index in [0.717, 1.165) is 40.6 Å². The minimum atomic E-state index is -0.196. The molecule has 1 aliphatic rings. The lowest BCUT2D eigenvalue weighted by atomic mass is 10.1. The third kappa shape index (κ3) is 2.53. The lowest BCUT2D eigenvalue weighted by molar-refractivity contribution is 0.715. The van der Waals surface area contributed by atoms with Gasteiger partial charge in [0.15, 0.2) is 5.82 Å². The number of nitrogens with zero attached hydrogens (tertiary/aromatic N) is 7. The van der Waals surface area contributed by atoms with Gasteiger partial charge in [0.2, 0.25) is 0 Å². The number of benzene rings is 1. The van der Waals surface area contributed by atoms with Gasteiger partial charge in [0.25, 0.3) is 0 Å². The number of hydrogen-bond donors (Lipinski definition) is 2. The van der Waals surface area contributed by atoms with Gasteiger partial charge in [-0.05, 0) is 18.9 Å². The molecule has 0 unspecified atom stereocenters. The molecule has 0 saturated heterocycles. The number of aryl methyl sites for hydroxylation is 2. The predicted octanol–water partition coefficient (Wildman–Crippen LogP) is 2.25. The van der Waals surface area contributed by atoms with Crippen molar-refractivity contribution in [3.05, 3.63) is 47.3 Å². The zero-order valence-electron chi connectivity index (χ0n) is 16.5. The monoisotopic (exact) mass is 401 g/mol. The number of H-pyrrole nitrogens is 2. The second kappa shape index (κ2) is 6.02. The van der Waals surface area contributed by atoms with E-state index in [1.807, 2.05) is 43.3 Å². The van der Waals surface area contributed by atoms with Crippen molar-refractivity contribution in [2.45, 2.75) is 18.9 Å². The number of imidazole rings is 1. The van der Waals surface area contributed by atoms with Crippen LogP contribution in [0.15, 0.2) is 41.6 Å². The Balaban J connectivity index is 1.60. The average molecular weight is 401 g/mol. The molecule has 2 N–H and O–H groups in total. The van der Waals surface area contributed by atoms with Crippen molar-refractivity contribution in [3.8, 4) is 34.2 Å². The largest absolute Gasteiger partial charge is 0.343 e. The summed E-state index contributed by atoms with van der Waals surface area (Å²) in [5.41, 5.74) is 4.04. The average Bonchev–Trinajstić information content (AvgIpc) is 3.08. The Morgan fingerprint density at radius 3 is 2.73 bits per heavy atom. The molecule has 6 rings (SSSR count). The molecular formula is C20H19N9O. The highest BCUT2D eigenvalue weighted by Crippen LogP contribution is 2.39. The Labute approximate surface area is 170 Å². The van der Waals surface area contributed by atoms with Gasteiger partial charge in [0.05, 0.1) is 23.5 Å². The second-order valence-electron chi connectivity index (χ2n) is 7.71. The Hall–Kier alpha value is -3.95. The van der Waals surface area contributed by atoms with E-state index in [2.05, 4.69) is 31.4 Å². The van der Waals surface area contributed by atoms with Gasteiger partial charge in [0.1, 0.15) is 17.2 Å². The van der Waals surface area contributed by atoms with Crippen LogP contribution >= 0.6 is 0 Å². The molecular weight excluding hydrogens is 382 g/mol. The molecule has 5 aromatic rings. The third-order valence-corrected chi connectivity index (χ3v) is 5.54. The molecule has 0 bridgehead atoms. The summed E-state index contributed by atoms with van der Waals surface area (Å²) in [6.07, 6.45) is 7.45. The molecule has 150 valence electrons. The van der Waals surface area contributed by atoms with Crippen LogP contribution in [0, 0.1) is 0 Å². The van der Waals surface area contributed by atoms with Crippen LogP contribution in [0.3, 0.4) is 0 Å². The van der Waals surface area contributed by atoms with E-state index in [-0.39, 0.29) is 11.7 Å². The highest BCUT2D eigenvalue weighted by atomic mass is 16.1. The molecule has 4 heterocycles. The van der Waals surface area contributed by atoms with Crippen molar-refractivity contribution in [1.82, 2.24) is 44.3 Å². The lowest BCUT2D eigenvalue weighted by Crippen LogP contribution is -2.16. The van der Waals surface area contributed by atoms with Crippen LogP contribution < -0.4 is 5.69 Å². The van der Waals surface area contributed by atoms with Crippen molar-refractivity contribution >= 4 is 10.9 Å². The minimum Gasteiger partial charge on any atom is -0.335 e. The van der Waals surface area contributed by atoms with Crippen LogP contribution in [0.1, 0.15) is 18.9 Å². The molecule has 4 aromatic heterocycles. The molecule has 30 heavy (non-hydrogen) atoms. The summed E-state index contributed by atoms with van der Waals surface area (Å²) in [5.74, 6) is 1.25. The highest BCUT2D eigenvalue weighted by molar-refractivity contribution is 5.87. The van der Waals surface area contributed by atoms with Gasteiger partial charge < -0.3 is 4.98 Å². The third-order valence-electron chi connectivity index (χ3n) is 5.54. The summed E-state index contributed by atoms with van der Waals surface area (Å²) < 4.78 is 5.29. The van der Waals surface area contributed by atoms with Crippen LogP contribution in [0.25, 0.3) is 45.1 Å². The smallest absolute Gasteiger partial charge is 0.335 e. The summed E-state index contributed by atoms with van der Waals surface area (Å²) in [4.78, 5) is 20.7. The molecule has 0 amide bonds. The van der Waals surface area contributed by atoms with E-state index in [0.29, 0.717) is 17.3 Å². The Morgan fingerprint density at radius 2 is 1.97 bits per heavy atom. The molecule has 1 saturated carbocycles. The molecule has 1 aromatic carbocycles. The molecule has 10 heteroatoms. The SMILES string of the molecule is Cn1cc(-c2nc(-c3ccc4cnn(C)c4c3)c(-c3n[nH]c(=O)n3C3CC3)[nH]2)cn1. The summed E-state index contributed by atoms with van der Waals surface area (Å²) in [5, 5.41) is 16.6. The summed E-state index contributed by atoms with van der Waals surface area (Å²) in [7, 11) is 3.78. The maximum absolute atomic E-state index is 12.4. The topological polar surface area (TPSA) is 115 Å². The van der Waals surface area contributed by atoms with Crippen LogP contribution in [0.2, 0.25) is 0 Å². The van der Waals surface area contributed by atoms with Gasteiger partial charge in [0, 0.05) is 37.3 Å². The van der Waals surface area contributed by atoms with Crippen molar-refractivity contribution in [2.75, 3.05) is 0 Å². The standard InChI is InChI=1S/C20H19N9O/c1-27-10-13(9-21-27)18-23-16(11-3-4-12-8-22-28(2)15(12)7-11)17(24-18)19-25-26-20(30)29(19)14-5-6-14/h3-4,7-10,14H,5-6H2,1-2H3,(H,23,24)(H,26,30). The first-order chi connectivity index (χ1) is 14.6. The zero-order valence-corrected chi connectivity index (χ0v) is 16.5. The van der Waals surface area contributed by atoms with Gasteiger partial charge in [-0.2, -0.15) is 15.3 Å². The normalized spacial score (nSPS) is 14.1. The van der Waals surface area contributed by atoms with E-state index in [4.69, 9.17) is 4.98 Å². The maximum Gasteiger partial charge on any atom is 0.343 e. The van der Waals surface area contributed by atoms with E-state index < -0.39 is 0 Å². The number of hydrogen-bond acceptors (Lipinski definition) is 5. The molecule has 1 fully saturated rings. The van der Waals surface area contributed by atoms with Crippen LogP contribution in [-0.2, 0) is 14.1 Å². The Morgan fingerprint density at radius 1 is 1.10 bits per heavy atom. The fourth-order valence-corrected chi connectivity index (χ4v) is 3.87. The lowest BCUT2D eigenvalue weighted by Gasteiger charge is -2.05. The molecule has 10 nitrogen and oxygen atoms in total. The van der Waals surface area contributed by atoms with Gasteiger partial charge in [-0.15, -0.1) is 0 Å². The van der Waals surface area contributed by atoms with Gasteiger partial charge in [-0.3, -0.25) is 13.9 Å². The van der Waals surface area contributed by atoms with Gasteiger partial charge >= 0.3 is 5.69 Å². The molecule has 0 radical (unpaired) electrons. The molecule has 0 atom stereocenters. The van der Waals surface area contributed by atoms with E-state index in [9.17, 15) is 4.79 Å². The van der Waals surface area contributed by atoms with Crippen LogP contribution in [0.4, 0.5) is 0 Å². The van der Waals surface area contributed by atoms with Crippen molar-refractivity contribution in [2.24, 2.45) is 14.1 Å². The van der Waals surface area contributed by atoms with Crippen LogP contribution in [0.5, 0.6) is 0 Å². The number of aromatic nitrogens is 9. The number of nitrogens with one attached hydrogen (secondary N) is 2. The summed E-state index contributed by atoms with van der Waals surface area (Å²) in [6.45, 7) is 0. The Kier molecular flexibility index (Phi) is 3.40. The fraction of sp³-hybridized carbons (Fsp3) is 0.250. The van der Waals surface area contributed by atoms with E-state index in [1.54, 1.807) is 15.4 Å². The zero-order chi connectivity index (χ0) is 20.4. The van der Waals surface area contributed by atoms with Crippen molar-refractivity contribution in [3.63, 3.8) is 0 Å². The van der Waals surface area contributed by atoms with Gasteiger partial charge in [-0.1, -0.05) is 12.1 Å². The van der Waals surface area contributed by atoms with Crippen LogP contribution in [-0.4, -0.2) is 44.3 Å². The quantitative estimate of drug-likeness (QED) is 0.479. The number of aromatic amines is 2. The van der Waals surface area contributed by atoms with E-state index in [1.165, 1.54) is 0 Å².